The summed E-state index contributed by atoms with van der Waals surface area (Å²) < 4.78 is 6.58. The largest absolute Gasteiger partial charge is 0.379 e. The molecule has 0 N–H and O–H groups in total. The van der Waals surface area contributed by atoms with Gasteiger partial charge in [-0.25, -0.2) is 4.98 Å². The number of amides is 1. The molecule has 3 aromatic rings. The average Bonchev–Trinajstić information content (AvgIpc) is 3.17. The number of nitrogens with zero attached hydrogens (tertiary/aromatic N) is 3. The number of thiazole rings is 1. The highest BCUT2D eigenvalue weighted by molar-refractivity contribution is 7.22. The molecule has 1 amide bonds. The van der Waals surface area contributed by atoms with E-state index in [1.807, 2.05) is 36.1 Å². The zero-order valence-electron chi connectivity index (χ0n) is 17.1. The van der Waals surface area contributed by atoms with E-state index in [9.17, 15) is 4.79 Å². The third kappa shape index (κ3) is 4.66. The third-order valence-electron chi connectivity index (χ3n) is 5.37. The van der Waals surface area contributed by atoms with E-state index in [1.54, 1.807) is 11.3 Å². The second-order valence-electron chi connectivity index (χ2n) is 7.43. The molecular weight excluding hydrogens is 382 g/mol. The molecule has 5 nitrogen and oxygen atoms in total. The molecule has 0 spiro atoms. The molecular formula is C23H27N3O2S. The van der Waals surface area contributed by atoms with Crippen molar-refractivity contribution >= 4 is 32.6 Å². The van der Waals surface area contributed by atoms with E-state index >= 15 is 0 Å². The Morgan fingerprint density at radius 2 is 1.93 bits per heavy atom. The van der Waals surface area contributed by atoms with Crippen molar-refractivity contribution in [2.45, 2.75) is 20.3 Å². The predicted molar refractivity (Wildman–Crippen MR) is 119 cm³/mol. The molecule has 2 heterocycles. The molecule has 0 atom stereocenters. The van der Waals surface area contributed by atoms with Gasteiger partial charge >= 0.3 is 0 Å². The zero-order valence-corrected chi connectivity index (χ0v) is 17.9. The number of morpholine rings is 1. The molecule has 1 saturated heterocycles. The fourth-order valence-electron chi connectivity index (χ4n) is 3.49. The van der Waals surface area contributed by atoms with Crippen LogP contribution in [0.5, 0.6) is 0 Å². The number of hydrogen-bond acceptors (Lipinski definition) is 5. The average molecular weight is 410 g/mol. The van der Waals surface area contributed by atoms with E-state index in [2.05, 4.69) is 30.0 Å². The molecule has 29 heavy (non-hydrogen) atoms. The van der Waals surface area contributed by atoms with E-state index in [-0.39, 0.29) is 5.91 Å². The van der Waals surface area contributed by atoms with Crippen LogP contribution in [0, 0.1) is 6.92 Å². The highest BCUT2D eigenvalue weighted by Gasteiger charge is 2.23. The Balaban J connectivity index is 1.63. The predicted octanol–water partition coefficient (Wildman–Crippen LogP) is 4.15. The van der Waals surface area contributed by atoms with Crippen molar-refractivity contribution < 1.29 is 9.53 Å². The third-order valence-corrected chi connectivity index (χ3v) is 6.41. The molecule has 0 aliphatic carbocycles. The SMILES string of the molecule is CCc1ccc2nc(N(CCN3CCOCC3)C(=O)c3ccc(C)cc3)sc2c1. The number of ether oxygens (including phenoxy) is 1. The Kier molecular flexibility index (Phi) is 6.23. The van der Waals surface area contributed by atoms with Crippen LogP contribution in [0.15, 0.2) is 42.5 Å². The maximum atomic E-state index is 13.4. The van der Waals surface area contributed by atoms with E-state index in [4.69, 9.17) is 9.72 Å². The number of fused-ring (bicyclic) bond motifs is 1. The van der Waals surface area contributed by atoms with Crippen molar-refractivity contribution in [1.29, 1.82) is 0 Å². The first-order valence-electron chi connectivity index (χ1n) is 10.2. The molecule has 0 saturated carbocycles. The molecule has 1 fully saturated rings. The maximum Gasteiger partial charge on any atom is 0.260 e. The summed E-state index contributed by atoms with van der Waals surface area (Å²) in [7, 11) is 0. The molecule has 6 heteroatoms. The minimum absolute atomic E-state index is 0.00744. The highest BCUT2D eigenvalue weighted by Crippen LogP contribution is 2.30. The van der Waals surface area contributed by atoms with Crippen LogP contribution in [0.25, 0.3) is 10.2 Å². The van der Waals surface area contributed by atoms with Crippen molar-refractivity contribution in [1.82, 2.24) is 9.88 Å². The maximum absolute atomic E-state index is 13.4. The topological polar surface area (TPSA) is 45.7 Å². The number of carbonyl (C=O) groups excluding carboxylic acids is 1. The monoisotopic (exact) mass is 409 g/mol. The van der Waals surface area contributed by atoms with Gasteiger partial charge in [-0.05, 0) is 43.2 Å². The molecule has 1 aromatic heterocycles. The Morgan fingerprint density at radius 1 is 1.17 bits per heavy atom. The van der Waals surface area contributed by atoms with Gasteiger partial charge in [0.2, 0.25) is 0 Å². The molecule has 0 bridgehead atoms. The Morgan fingerprint density at radius 3 is 2.66 bits per heavy atom. The lowest BCUT2D eigenvalue weighted by molar-refractivity contribution is 0.0391. The van der Waals surface area contributed by atoms with Crippen LogP contribution in [-0.2, 0) is 11.2 Å². The summed E-state index contributed by atoms with van der Waals surface area (Å²) in [6, 6.07) is 14.1. The summed E-state index contributed by atoms with van der Waals surface area (Å²) in [5.74, 6) is 0.00744. The first-order chi connectivity index (χ1) is 14.1. The van der Waals surface area contributed by atoms with Crippen LogP contribution in [0.2, 0.25) is 0 Å². The van der Waals surface area contributed by atoms with Crippen molar-refractivity contribution in [3.63, 3.8) is 0 Å². The van der Waals surface area contributed by atoms with Gasteiger partial charge in [0.15, 0.2) is 5.13 Å². The summed E-state index contributed by atoms with van der Waals surface area (Å²) >= 11 is 1.60. The minimum atomic E-state index is 0.00744. The van der Waals surface area contributed by atoms with Crippen LogP contribution in [0.3, 0.4) is 0 Å². The lowest BCUT2D eigenvalue weighted by atomic mass is 10.1. The van der Waals surface area contributed by atoms with Crippen LogP contribution >= 0.6 is 11.3 Å². The molecule has 4 rings (SSSR count). The quantitative estimate of drug-likeness (QED) is 0.614. The van der Waals surface area contributed by atoms with E-state index in [0.717, 1.165) is 60.2 Å². The molecule has 1 aliphatic heterocycles. The van der Waals surface area contributed by atoms with Crippen LogP contribution in [-0.4, -0.2) is 55.2 Å². The number of rotatable bonds is 6. The van der Waals surface area contributed by atoms with E-state index in [0.29, 0.717) is 12.1 Å². The number of benzene rings is 2. The normalized spacial score (nSPS) is 15.0. The number of aryl methyl sites for hydroxylation is 2. The lowest BCUT2D eigenvalue weighted by Crippen LogP contribution is -2.43. The first-order valence-corrected chi connectivity index (χ1v) is 11.0. The van der Waals surface area contributed by atoms with Crippen molar-refractivity contribution in [3.8, 4) is 0 Å². The van der Waals surface area contributed by atoms with Gasteiger partial charge in [-0.3, -0.25) is 14.6 Å². The molecule has 152 valence electrons. The summed E-state index contributed by atoms with van der Waals surface area (Å²) in [5.41, 5.74) is 4.09. The van der Waals surface area contributed by atoms with Crippen LogP contribution in [0.1, 0.15) is 28.4 Å². The summed E-state index contributed by atoms with van der Waals surface area (Å²) in [4.78, 5) is 22.4. The zero-order chi connectivity index (χ0) is 20.2. The highest BCUT2D eigenvalue weighted by atomic mass is 32.1. The number of anilines is 1. The Hall–Kier alpha value is -2.28. The molecule has 0 radical (unpaired) electrons. The fraction of sp³-hybridized carbons (Fsp3) is 0.391. The van der Waals surface area contributed by atoms with Gasteiger partial charge in [0.05, 0.1) is 23.4 Å². The minimum Gasteiger partial charge on any atom is -0.379 e. The van der Waals surface area contributed by atoms with E-state index in [1.165, 1.54) is 5.56 Å². The number of aromatic nitrogens is 1. The number of carbonyl (C=O) groups is 1. The first kappa shape index (κ1) is 20.0. The smallest absolute Gasteiger partial charge is 0.260 e. The second kappa shape index (κ2) is 9.03. The molecule has 2 aromatic carbocycles. The fourth-order valence-corrected chi connectivity index (χ4v) is 4.55. The van der Waals surface area contributed by atoms with Gasteiger partial charge in [-0.15, -0.1) is 0 Å². The van der Waals surface area contributed by atoms with Gasteiger partial charge in [0.1, 0.15) is 0 Å². The van der Waals surface area contributed by atoms with Gasteiger partial charge in [-0.1, -0.05) is 42.0 Å². The molecule has 0 unspecified atom stereocenters. The van der Waals surface area contributed by atoms with Crippen molar-refractivity contribution in [2.24, 2.45) is 0 Å². The Labute approximate surface area is 175 Å². The summed E-state index contributed by atoms with van der Waals surface area (Å²) in [6.07, 6.45) is 0.992. The van der Waals surface area contributed by atoms with Gasteiger partial charge < -0.3 is 4.74 Å². The molecule has 1 aliphatic rings. The van der Waals surface area contributed by atoms with E-state index < -0.39 is 0 Å². The van der Waals surface area contributed by atoms with Crippen LogP contribution < -0.4 is 4.90 Å². The Bertz CT molecular complexity index is 977. The van der Waals surface area contributed by atoms with Gasteiger partial charge in [-0.2, -0.15) is 0 Å². The number of hydrogen-bond donors (Lipinski definition) is 0. The summed E-state index contributed by atoms with van der Waals surface area (Å²) in [6.45, 7) is 8.95. The second-order valence-corrected chi connectivity index (χ2v) is 8.44. The van der Waals surface area contributed by atoms with Gasteiger partial charge in [0.25, 0.3) is 5.91 Å². The van der Waals surface area contributed by atoms with Crippen molar-refractivity contribution in [2.75, 3.05) is 44.3 Å². The summed E-state index contributed by atoms with van der Waals surface area (Å²) in [5, 5.41) is 0.770. The standard InChI is InChI=1S/C23H27N3O2S/c1-3-18-6-9-20-21(16-18)29-23(24-20)26(11-10-25-12-14-28-15-13-25)22(27)19-7-4-17(2)5-8-19/h4-9,16H,3,10-15H2,1-2H3. The van der Waals surface area contributed by atoms with Gasteiger partial charge in [0, 0.05) is 31.7 Å². The lowest BCUT2D eigenvalue weighted by Gasteiger charge is -2.29. The van der Waals surface area contributed by atoms with Crippen LogP contribution in [0.4, 0.5) is 5.13 Å². The van der Waals surface area contributed by atoms with Crippen molar-refractivity contribution in [3.05, 3.63) is 59.2 Å².